The van der Waals surface area contributed by atoms with E-state index in [9.17, 15) is 4.79 Å². The molecule has 0 spiro atoms. The molecule has 0 bridgehead atoms. The van der Waals surface area contributed by atoms with Crippen LogP contribution in [0.25, 0.3) is 0 Å². The zero-order valence-corrected chi connectivity index (χ0v) is 12.5. The molecule has 0 unspecified atom stereocenters. The smallest absolute Gasteiger partial charge is 0.255 e. The van der Waals surface area contributed by atoms with E-state index in [1.807, 2.05) is 19.1 Å². The number of hydrogen-bond acceptors (Lipinski definition) is 3. The van der Waals surface area contributed by atoms with Gasteiger partial charge in [-0.25, -0.2) is 4.98 Å². The molecule has 1 fully saturated rings. The molecule has 0 aromatic carbocycles. The van der Waals surface area contributed by atoms with Gasteiger partial charge in [0.05, 0.1) is 5.56 Å². The standard InChI is InChI=1S/C16H25N3O/c1-3-12-7-9-13(10-8-12)19-16(20)14-6-5-11-18-15(14)17-4-2/h5-6,11-13H,3-4,7-10H2,1-2H3,(H,17,18)(H,19,20). The summed E-state index contributed by atoms with van der Waals surface area (Å²) in [7, 11) is 0. The van der Waals surface area contributed by atoms with Crippen molar-refractivity contribution in [1.29, 1.82) is 0 Å². The predicted octanol–water partition coefficient (Wildman–Crippen LogP) is 3.21. The molecule has 2 rings (SSSR count). The van der Waals surface area contributed by atoms with Gasteiger partial charge in [-0.1, -0.05) is 13.3 Å². The third kappa shape index (κ3) is 3.71. The van der Waals surface area contributed by atoms with Crippen LogP contribution in [0, 0.1) is 5.92 Å². The minimum absolute atomic E-state index is 0.00556. The Morgan fingerprint density at radius 1 is 1.30 bits per heavy atom. The molecule has 1 heterocycles. The maximum absolute atomic E-state index is 12.4. The van der Waals surface area contributed by atoms with E-state index >= 15 is 0 Å². The van der Waals surface area contributed by atoms with Crippen LogP contribution in [-0.2, 0) is 0 Å². The number of aromatic nitrogens is 1. The fraction of sp³-hybridized carbons (Fsp3) is 0.625. The topological polar surface area (TPSA) is 54.0 Å². The molecule has 2 N–H and O–H groups in total. The van der Waals surface area contributed by atoms with E-state index in [0.717, 1.165) is 25.3 Å². The molecule has 0 saturated heterocycles. The van der Waals surface area contributed by atoms with Crippen LogP contribution in [0.5, 0.6) is 0 Å². The second-order valence-electron chi connectivity index (χ2n) is 5.53. The van der Waals surface area contributed by atoms with E-state index in [1.165, 1.54) is 19.3 Å². The third-order valence-corrected chi connectivity index (χ3v) is 4.16. The lowest BCUT2D eigenvalue weighted by molar-refractivity contribution is 0.0922. The average Bonchev–Trinajstić information content (AvgIpc) is 2.49. The zero-order valence-electron chi connectivity index (χ0n) is 12.5. The van der Waals surface area contributed by atoms with Crippen molar-refractivity contribution < 1.29 is 4.79 Å². The van der Waals surface area contributed by atoms with Crippen molar-refractivity contribution in [1.82, 2.24) is 10.3 Å². The highest BCUT2D eigenvalue weighted by Gasteiger charge is 2.22. The van der Waals surface area contributed by atoms with Crippen molar-refractivity contribution in [2.75, 3.05) is 11.9 Å². The molecule has 1 aliphatic rings. The Hall–Kier alpha value is -1.58. The minimum Gasteiger partial charge on any atom is -0.370 e. The zero-order chi connectivity index (χ0) is 14.4. The van der Waals surface area contributed by atoms with Gasteiger partial charge in [0.15, 0.2) is 0 Å². The van der Waals surface area contributed by atoms with Gasteiger partial charge in [0.1, 0.15) is 5.82 Å². The minimum atomic E-state index is -0.00556. The van der Waals surface area contributed by atoms with Crippen molar-refractivity contribution >= 4 is 11.7 Å². The molecular weight excluding hydrogens is 250 g/mol. The number of rotatable bonds is 5. The first kappa shape index (κ1) is 14.8. The van der Waals surface area contributed by atoms with Crippen LogP contribution in [0.2, 0.25) is 0 Å². The number of carbonyl (C=O) groups is 1. The largest absolute Gasteiger partial charge is 0.370 e. The second kappa shape index (κ2) is 7.27. The fourth-order valence-electron chi connectivity index (χ4n) is 2.88. The molecule has 0 radical (unpaired) electrons. The van der Waals surface area contributed by atoms with Gasteiger partial charge in [0, 0.05) is 18.8 Å². The molecule has 1 aromatic heterocycles. The molecule has 1 aromatic rings. The van der Waals surface area contributed by atoms with Crippen LogP contribution in [0.1, 0.15) is 56.3 Å². The fourth-order valence-corrected chi connectivity index (χ4v) is 2.88. The Bertz CT molecular complexity index is 439. The van der Waals surface area contributed by atoms with Crippen molar-refractivity contribution in [3.05, 3.63) is 23.9 Å². The maximum atomic E-state index is 12.4. The van der Waals surface area contributed by atoms with Gasteiger partial charge in [-0.05, 0) is 50.7 Å². The molecule has 110 valence electrons. The Kier molecular flexibility index (Phi) is 5.39. The van der Waals surface area contributed by atoms with E-state index in [0.29, 0.717) is 17.4 Å². The van der Waals surface area contributed by atoms with Gasteiger partial charge in [-0.3, -0.25) is 4.79 Å². The normalized spacial score (nSPS) is 22.3. The molecule has 0 atom stereocenters. The highest BCUT2D eigenvalue weighted by atomic mass is 16.1. The van der Waals surface area contributed by atoms with Crippen molar-refractivity contribution in [2.45, 2.75) is 52.0 Å². The summed E-state index contributed by atoms with van der Waals surface area (Å²) in [5.41, 5.74) is 0.645. The summed E-state index contributed by atoms with van der Waals surface area (Å²) < 4.78 is 0. The van der Waals surface area contributed by atoms with Gasteiger partial charge < -0.3 is 10.6 Å². The summed E-state index contributed by atoms with van der Waals surface area (Å²) in [4.78, 5) is 16.6. The average molecular weight is 275 g/mol. The van der Waals surface area contributed by atoms with E-state index in [1.54, 1.807) is 6.20 Å². The molecule has 1 amide bonds. The van der Waals surface area contributed by atoms with Gasteiger partial charge in [-0.15, -0.1) is 0 Å². The predicted molar refractivity (Wildman–Crippen MR) is 81.9 cm³/mol. The van der Waals surface area contributed by atoms with Gasteiger partial charge in [0.25, 0.3) is 5.91 Å². The molecule has 4 nitrogen and oxygen atoms in total. The van der Waals surface area contributed by atoms with Gasteiger partial charge in [-0.2, -0.15) is 0 Å². The Labute approximate surface area is 121 Å². The Balaban J connectivity index is 1.95. The SMILES string of the molecule is CCNc1ncccc1C(=O)NC1CCC(CC)CC1. The lowest BCUT2D eigenvalue weighted by Crippen LogP contribution is -2.38. The molecule has 1 aliphatic carbocycles. The Morgan fingerprint density at radius 3 is 2.70 bits per heavy atom. The summed E-state index contributed by atoms with van der Waals surface area (Å²) in [6.07, 6.45) is 7.63. The quantitative estimate of drug-likeness (QED) is 0.867. The van der Waals surface area contributed by atoms with E-state index in [2.05, 4.69) is 22.5 Å². The molecule has 4 heteroatoms. The van der Waals surface area contributed by atoms with Gasteiger partial charge in [0.2, 0.25) is 0 Å². The monoisotopic (exact) mass is 275 g/mol. The summed E-state index contributed by atoms with van der Waals surface area (Å²) in [5, 5.41) is 6.30. The van der Waals surface area contributed by atoms with Crippen LogP contribution in [-0.4, -0.2) is 23.5 Å². The lowest BCUT2D eigenvalue weighted by Gasteiger charge is -2.28. The first-order valence-corrected chi connectivity index (χ1v) is 7.74. The summed E-state index contributed by atoms with van der Waals surface area (Å²) in [5.74, 6) is 1.52. The number of carbonyl (C=O) groups excluding carboxylic acids is 1. The summed E-state index contributed by atoms with van der Waals surface area (Å²) in [6, 6.07) is 3.96. The number of hydrogen-bond donors (Lipinski definition) is 2. The first-order chi connectivity index (χ1) is 9.74. The van der Waals surface area contributed by atoms with Crippen molar-refractivity contribution in [2.24, 2.45) is 5.92 Å². The summed E-state index contributed by atoms with van der Waals surface area (Å²) >= 11 is 0. The van der Waals surface area contributed by atoms with Crippen LogP contribution in [0.4, 0.5) is 5.82 Å². The number of nitrogens with one attached hydrogen (secondary N) is 2. The maximum Gasteiger partial charge on any atom is 0.255 e. The van der Waals surface area contributed by atoms with E-state index < -0.39 is 0 Å². The number of nitrogens with zero attached hydrogens (tertiary/aromatic N) is 1. The number of anilines is 1. The number of amides is 1. The molecular formula is C16H25N3O. The Morgan fingerprint density at radius 2 is 2.05 bits per heavy atom. The van der Waals surface area contributed by atoms with E-state index in [-0.39, 0.29) is 5.91 Å². The molecule has 1 saturated carbocycles. The van der Waals surface area contributed by atoms with Crippen molar-refractivity contribution in [3.63, 3.8) is 0 Å². The first-order valence-electron chi connectivity index (χ1n) is 7.74. The second-order valence-corrected chi connectivity index (χ2v) is 5.53. The van der Waals surface area contributed by atoms with Crippen LogP contribution in [0.15, 0.2) is 18.3 Å². The van der Waals surface area contributed by atoms with Crippen LogP contribution < -0.4 is 10.6 Å². The highest BCUT2D eigenvalue weighted by molar-refractivity contribution is 5.98. The van der Waals surface area contributed by atoms with Crippen LogP contribution >= 0.6 is 0 Å². The summed E-state index contributed by atoms with van der Waals surface area (Å²) in [6.45, 7) is 5.02. The van der Waals surface area contributed by atoms with E-state index in [4.69, 9.17) is 0 Å². The van der Waals surface area contributed by atoms with Gasteiger partial charge >= 0.3 is 0 Å². The molecule has 0 aliphatic heterocycles. The van der Waals surface area contributed by atoms with Crippen molar-refractivity contribution in [3.8, 4) is 0 Å². The highest BCUT2D eigenvalue weighted by Crippen LogP contribution is 2.26. The lowest BCUT2D eigenvalue weighted by atomic mass is 9.84. The van der Waals surface area contributed by atoms with Crippen LogP contribution in [0.3, 0.4) is 0 Å². The third-order valence-electron chi connectivity index (χ3n) is 4.16. The number of pyridine rings is 1. The molecule has 20 heavy (non-hydrogen) atoms.